The van der Waals surface area contributed by atoms with Crippen LogP contribution in [0.2, 0.25) is 5.02 Å². The van der Waals surface area contributed by atoms with Gasteiger partial charge in [0.2, 0.25) is 0 Å². The Bertz CT molecular complexity index is 1430. The first-order valence-corrected chi connectivity index (χ1v) is 12.1. The Labute approximate surface area is 207 Å². The molecule has 5 aromatic rings. The fourth-order valence-corrected chi connectivity index (χ4v) is 4.69. The van der Waals surface area contributed by atoms with E-state index in [4.69, 9.17) is 21.6 Å². The van der Waals surface area contributed by atoms with E-state index < -0.39 is 0 Å². The molecule has 0 amide bonds. The van der Waals surface area contributed by atoms with E-state index in [1.54, 1.807) is 17.5 Å². The summed E-state index contributed by atoms with van der Waals surface area (Å²) in [6, 6.07) is 22.0. The molecule has 0 bridgehead atoms. The summed E-state index contributed by atoms with van der Waals surface area (Å²) in [6.07, 6.45) is 2.50. The van der Waals surface area contributed by atoms with Gasteiger partial charge in [-0.15, -0.1) is 11.3 Å². The summed E-state index contributed by atoms with van der Waals surface area (Å²) in [6.45, 7) is 3.94. The Balaban J connectivity index is 1.44. The van der Waals surface area contributed by atoms with Crippen LogP contribution in [0.5, 0.6) is 0 Å². The topological polar surface area (TPSA) is 63.6 Å². The molecule has 1 N–H and O–H groups in total. The summed E-state index contributed by atoms with van der Waals surface area (Å²) in [5.74, 6) is 1.54. The third kappa shape index (κ3) is 4.98. The molecule has 7 heteroatoms. The smallest absolute Gasteiger partial charge is 0.142 e. The van der Waals surface area contributed by atoms with E-state index in [2.05, 4.69) is 32.8 Å². The van der Waals surface area contributed by atoms with Crippen molar-refractivity contribution in [1.29, 1.82) is 0 Å². The second-order valence-corrected chi connectivity index (χ2v) is 9.24. The van der Waals surface area contributed by atoms with Crippen LogP contribution in [0.1, 0.15) is 22.6 Å². The Kier molecular flexibility index (Phi) is 6.34. The monoisotopic (exact) mass is 483 g/mol. The first-order chi connectivity index (χ1) is 16.5. The van der Waals surface area contributed by atoms with Crippen LogP contribution in [-0.2, 0) is 6.42 Å². The molecule has 168 valence electrons. The van der Waals surface area contributed by atoms with Gasteiger partial charge in [-0.1, -0.05) is 41.9 Å². The minimum atomic E-state index is 0.713. The lowest BCUT2D eigenvalue weighted by molar-refractivity contribution is 0.965. The van der Waals surface area contributed by atoms with Crippen LogP contribution < -0.4 is 5.32 Å². The zero-order valence-electron chi connectivity index (χ0n) is 18.8. The Morgan fingerprint density at radius 3 is 2.53 bits per heavy atom. The van der Waals surface area contributed by atoms with E-state index in [1.165, 1.54) is 0 Å². The first kappa shape index (κ1) is 22.2. The molecule has 34 heavy (non-hydrogen) atoms. The Morgan fingerprint density at radius 1 is 0.882 bits per heavy atom. The first-order valence-electron chi connectivity index (χ1n) is 10.9. The van der Waals surface area contributed by atoms with E-state index in [-0.39, 0.29) is 0 Å². The maximum Gasteiger partial charge on any atom is 0.142 e. The highest BCUT2D eigenvalue weighted by atomic mass is 35.5. The molecule has 0 saturated heterocycles. The molecular weight excluding hydrogens is 462 g/mol. The van der Waals surface area contributed by atoms with Gasteiger partial charge in [-0.05, 0) is 55.8 Å². The minimum absolute atomic E-state index is 0.713. The molecule has 0 aliphatic rings. The van der Waals surface area contributed by atoms with Crippen molar-refractivity contribution in [2.75, 3.05) is 5.32 Å². The lowest BCUT2D eigenvalue weighted by atomic mass is 10.0. The SMILES string of the molecule is Cc1nc(C)c(Cc2ccc(Cl)cc2)c(Nc2cccc(-c3csc(-c4ccccn4)n3)c2)n1. The molecule has 5 nitrogen and oxygen atoms in total. The van der Waals surface area contributed by atoms with Gasteiger partial charge in [0.05, 0.1) is 11.4 Å². The number of thiazole rings is 1. The van der Waals surface area contributed by atoms with Crippen LogP contribution in [0.3, 0.4) is 0 Å². The maximum absolute atomic E-state index is 6.06. The lowest BCUT2D eigenvalue weighted by Crippen LogP contribution is -2.06. The fraction of sp³-hybridized carbons (Fsp3) is 0.111. The molecule has 0 unspecified atom stereocenters. The van der Waals surface area contributed by atoms with Gasteiger partial charge in [-0.2, -0.15) is 0 Å². The van der Waals surface area contributed by atoms with E-state index in [9.17, 15) is 0 Å². The molecule has 3 aromatic heterocycles. The van der Waals surface area contributed by atoms with Crippen molar-refractivity contribution in [2.45, 2.75) is 20.3 Å². The van der Waals surface area contributed by atoms with Crippen LogP contribution in [-0.4, -0.2) is 19.9 Å². The molecule has 3 heterocycles. The summed E-state index contributed by atoms with van der Waals surface area (Å²) < 4.78 is 0. The number of benzene rings is 2. The van der Waals surface area contributed by atoms with Gasteiger partial charge in [-0.3, -0.25) is 4.98 Å². The third-order valence-electron chi connectivity index (χ3n) is 5.43. The van der Waals surface area contributed by atoms with Gasteiger partial charge in [0.25, 0.3) is 0 Å². The highest BCUT2D eigenvalue weighted by molar-refractivity contribution is 7.13. The van der Waals surface area contributed by atoms with Crippen molar-refractivity contribution in [3.8, 4) is 22.0 Å². The fourth-order valence-electron chi connectivity index (χ4n) is 3.76. The van der Waals surface area contributed by atoms with Crippen LogP contribution in [0.4, 0.5) is 11.5 Å². The molecule has 2 aromatic carbocycles. The predicted molar refractivity (Wildman–Crippen MR) is 140 cm³/mol. The summed E-state index contributed by atoms with van der Waals surface area (Å²) in [7, 11) is 0. The molecular formula is C27H22ClN5S. The van der Waals surface area contributed by atoms with Gasteiger partial charge in [0.1, 0.15) is 16.6 Å². The number of anilines is 2. The number of nitrogens with zero attached hydrogens (tertiary/aromatic N) is 4. The highest BCUT2D eigenvalue weighted by Crippen LogP contribution is 2.30. The number of hydrogen-bond donors (Lipinski definition) is 1. The predicted octanol–water partition coefficient (Wildman–Crippen LogP) is 7.27. The number of rotatable bonds is 6. The Morgan fingerprint density at radius 2 is 1.74 bits per heavy atom. The molecule has 0 spiro atoms. The average Bonchev–Trinajstić information content (AvgIpc) is 3.34. The second kappa shape index (κ2) is 9.71. The second-order valence-electron chi connectivity index (χ2n) is 7.95. The highest BCUT2D eigenvalue weighted by Gasteiger charge is 2.13. The summed E-state index contributed by atoms with van der Waals surface area (Å²) in [5.41, 5.74) is 6.95. The van der Waals surface area contributed by atoms with Crippen molar-refractivity contribution in [3.05, 3.63) is 106 Å². The zero-order valence-corrected chi connectivity index (χ0v) is 20.4. The molecule has 0 aliphatic carbocycles. The van der Waals surface area contributed by atoms with E-state index in [1.807, 2.05) is 68.4 Å². The van der Waals surface area contributed by atoms with E-state index in [0.29, 0.717) is 6.42 Å². The van der Waals surface area contributed by atoms with Gasteiger partial charge in [0.15, 0.2) is 0 Å². The quantitative estimate of drug-likeness (QED) is 0.275. The number of halogens is 1. The minimum Gasteiger partial charge on any atom is -0.340 e. The summed E-state index contributed by atoms with van der Waals surface area (Å²) in [4.78, 5) is 18.5. The van der Waals surface area contributed by atoms with E-state index in [0.717, 1.165) is 61.1 Å². The standard InChI is InChI=1S/C27H22ClN5S/c1-17-23(14-19-9-11-21(28)12-10-19)26(31-18(2)30-17)32-22-7-5-6-20(15-22)25-16-34-27(33-25)24-8-3-4-13-29-24/h3-13,15-16H,14H2,1-2H3,(H,30,31,32). The maximum atomic E-state index is 6.06. The summed E-state index contributed by atoms with van der Waals surface area (Å²) >= 11 is 7.65. The number of nitrogens with one attached hydrogen (secondary N) is 1. The molecule has 0 radical (unpaired) electrons. The molecule has 0 aliphatic heterocycles. The van der Waals surface area contributed by atoms with Gasteiger partial charge < -0.3 is 5.32 Å². The number of aryl methyl sites for hydroxylation is 2. The van der Waals surface area contributed by atoms with Crippen molar-refractivity contribution in [3.63, 3.8) is 0 Å². The van der Waals surface area contributed by atoms with Gasteiger partial charge >= 0.3 is 0 Å². The molecule has 0 atom stereocenters. The van der Waals surface area contributed by atoms with Crippen LogP contribution in [0.15, 0.2) is 78.3 Å². The lowest BCUT2D eigenvalue weighted by Gasteiger charge is -2.15. The van der Waals surface area contributed by atoms with Gasteiger partial charge in [-0.25, -0.2) is 15.0 Å². The van der Waals surface area contributed by atoms with E-state index >= 15 is 0 Å². The largest absolute Gasteiger partial charge is 0.340 e. The molecule has 5 rings (SSSR count). The van der Waals surface area contributed by atoms with Crippen molar-refractivity contribution in [1.82, 2.24) is 19.9 Å². The molecule has 0 fully saturated rings. The van der Waals surface area contributed by atoms with Crippen molar-refractivity contribution < 1.29 is 0 Å². The average molecular weight is 484 g/mol. The van der Waals surface area contributed by atoms with Crippen LogP contribution in [0.25, 0.3) is 22.0 Å². The van der Waals surface area contributed by atoms with Crippen LogP contribution >= 0.6 is 22.9 Å². The number of aromatic nitrogens is 4. The Hall–Kier alpha value is -3.61. The zero-order chi connectivity index (χ0) is 23.5. The number of pyridine rings is 1. The summed E-state index contributed by atoms with van der Waals surface area (Å²) in [5, 5.41) is 7.21. The third-order valence-corrected chi connectivity index (χ3v) is 6.55. The van der Waals surface area contributed by atoms with Crippen LogP contribution in [0, 0.1) is 13.8 Å². The molecule has 0 saturated carbocycles. The van der Waals surface area contributed by atoms with Crippen molar-refractivity contribution in [2.24, 2.45) is 0 Å². The number of hydrogen-bond acceptors (Lipinski definition) is 6. The van der Waals surface area contributed by atoms with Gasteiger partial charge in [0, 0.05) is 45.5 Å². The normalized spacial score (nSPS) is 10.9. The van der Waals surface area contributed by atoms with Crippen molar-refractivity contribution >= 4 is 34.4 Å².